The van der Waals surface area contributed by atoms with Crippen LogP contribution >= 0.6 is 0 Å². The first-order chi connectivity index (χ1) is 19.8. The first-order valence-corrected chi connectivity index (χ1v) is 13.9. The van der Waals surface area contributed by atoms with Crippen molar-refractivity contribution in [2.75, 3.05) is 20.2 Å². The number of Topliss-reactive ketones (excluding diaryl/α,β-unsaturated/α-hetero) is 1. The minimum atomic E-state index is -1.34. The van der Waals surface area contributed by atoms with E-state index in [0.29, 0.717) is 60.2 Å². The second-order valence-electron chi connectivity index (χ2n) is 11.2. The van der Waals surface area contributed by atoms with Gasteiger partial charge in [0.1, 0.15) is 17.1 Å². The molecule has 1 saturated heterocycles. The summed E-state index contributed by atoms with van der Waals surface area (Å²) in [5.41, 5.74) is 2.76. The Balaban J connectivity index is 1.08. The predicted octanol–water partition coefficient (Wildman–Crippen LogP) is 4.05. The zero-order valence-corrected chi connectivity index (χ0v) is 22.6. The van der Waals surface area contributed by atoms with E-state index >= 15 is 0 Å². The Hall–Kier alpha value is -4.66. The van der Waals surface area contributed by atoms with E-state index in [2.05, 4.69) is 15.7 Å². The van der Waals surface area contributed by atoms with E-state index in [4.69, 9.17) is 9.47 Å². The number of methoxy groups -OCH3 is 1. The van der Waals surface area contributed by atoms with Crippen LogP contribution in [0.4, 0.5) is 0 Å². The molecule has 0 N–H and O–H groups in total. The largest absolute Gasteiger partial charge is 0.543 e. The van der Waals surface area contributed by atoms with Gasteiger partial charge in [0.2, 0.25) is 0 Å². The van der Waals surface area contributed by atoms with Gasteiger partial charge < -0.3 is 28.8 Å². The fourth-order valence-corrected chi connectivity index (χ4v) is 6.13. The summed E-state index contributed by atoms with van der Waals surface area (Å²) in [5.74, 6) is -0.174. The number of carboxylic acids is 1. The van der Waals surface area contributed by atoms with Crippen LogP contribution < -0.4 is 14.6 Å². The van der Waals surface area contributed by atoms with Crippen LogP contribution in [0.15, 0.2) is 60.9 Å². The highest BCUT2D eigenvalue weighted by Gasteiger charge is 2.44. The lowest BCUT2D eigenvalue weighted by atomic mass is 9.82. The van der Waals surface area contributed by atoms with Gasteiger partial charge >= 0.3 is 0 Å². The molecule has 1 spiro atoms. The quantitative estimate of drug-likeness (QED) is 0.368. The molecule has 4 aromatic rings. The average Bonchev–Trinajstić information content (AvgIpc) is 3.74. The summed E-state index contributed by atoms with van der Waals surface area (Å²) in [6, 6.07) is 14.7. The second-order valence-corrected chi connectivity index (χ2v) is 11.2. The molecule has 9 nitrogen and oxygen atoms in total. The molecule has 2 aliphatic heterocycles. The van der Waals surface area contributed by atoms with E-state index in [9.17, 15) is 19.5 Å². The summed E-state index contributed by atoms with van der Waals surface area (Å²) < 4.78 is 14.3. The van der Waals surface area contributed by atoms with Gasteiger partial charge in [-0.3, -0.25) is 14.6 Å². The normalized spacial score (nSPS) is 17.8. The molecule has 2 aromatic heterocycles. The standard InChI is InChI=1S/C32H29N3O6/c1-40-29-16-21(15-26-23(29)8-11-35(26)22-4-5-22)30(37)34-12-9-32(10-13-34)17-27(36)24-14-19(3-7-28(24)41-32)20-2-6-25(31(38)39)33-18-20/h2-3,6-8,11,14-16,18,22H,4-5,9-10,12-13,17H2,1H3,(H,38,39)/p-1. The number of hydrogen-bond acceptors (Lipinski definition) is 7. The molecule has 1 aliphatic carbocycles. The van der Waals surface area contributed by atoms with Crippen molar-refractivity contribution in [3.8, 4) is 22.6 Å². The van der Waals surface area contributed by atoms with Crippen LogP contribution in [0.5, 0.6) is 11.5 Å². The van der Waals surface area contributed by atoms with Crippen molar-refractivity contribution >= 4 is 28.6 Å². The van der Waals surface area contributed by atoms with Crippen LogP contribution in [0.3, 0.4) is 0 Å². The minimum absolute atomic E-state index is 0.0109. The fourth-order valence-electron chi connectivity index (χ4n) is 6.13. The summed E-state index contributed by atoms with van der Waals surface area (Å²) in [4.78, 5) is 43.7. The van der Waals surface area contributed by atoms with E-state index in [1.54, 1.807) is 25.3 Å². The highest BCUT2D eigenvalue weighted by atomic mass is 16.5. The van der Waals surface area contributed by atoms with Crippen molar-refractivity contribution in [2.24, 2.45) is 0 Å². The van der Waals surface area contributed by atoms with Crippen molar-refractivity contribution in [1.82, 2.24) is 14.5 Å². The molecule has 7 rings (SSSR count). The highest BCUT2D eigenvalue weighted by Crippen LogP contribution is 2.42. The molecular weight excluding hydrogens is 522 g/mol. The summed E-state index contributed by atoms with van der Waals surface area (Å²) in [6.07, 6.45) is 7.17. The van der Waals surface area contributed by atoms with Crippen LogP contribution in [-0.2, 0) is 0 Å². The molecule has 0 unspecified atom stereocenters. The lowest BCUT2D eigenvalue weighted by Crippen LogP contribution is -2.52. The molecule has 0 atom stereocenters. The lowest BCUT2D eigenvalue weighted by Gasteiger charge is -2.44. The number of likely N-dealkylation sites (tertiary alicyclic amines) is 1. The number of piperidine rings is 1. The molecular formula is C32H28N3O6-. The minimum Gasteiger partial charge on any atom is -0.543 e. The van der Waals surface area contributed by atoms with E-state index < -0.39 is 11.6 Å². The SMILES string of the molecule is COc1cc(C(=O)N2CCC3(CC2)CC(=O)c2cc(-c4ccc(C(=O)[O-])nc4)ccc2O3)cc2c1ccn2C1CC1. The number of carboxylic acid groups (broad SMARTS) is 1. The van der Waals surface area contributed by atoms with Gasteiger partial charge in [0.25, 0.3) is 5.91 Å². The molecule has 1 amide bonds. The van der Waals surface area contributed by atoms with Crippen molar-refractivity contribution in [3.05, 3.63) is 77.7 Å². The first kappa shape index (κ1) is 25.3. The zero-order chi connectivity index (χ0) is 28.3. The average molecular weight is 551 g/mol. The van der Waals surface area contributed by atoms with E-state index in [1.165, 1.54) is 12.3 Å². The second kappa shape index (κ2) is 9.47. The van der Waals surface area contributed by atoms with Gasteiger partial charge in [0.05, 0.1) is 36.3 Å². The van der Waals surface area contributed by atoms with Gasteiger partial charge in [0, 0.05) is 60.9 Å². The van der Waals surface area contributed by atoms with E-state index in [-0.39, 0.29) is 23.8 Å². The van der Waals surface area contributed by atoms with Gasteiger partial charge in [0.15, 0.2) is 5.78 Å². The molecule has 3 aliphatic rings. The van der Waals surface area contributed by atoms with E-state index in [1.807, 2.05) is 29.2 Å². The van der Waals surface area contributed by atoms with Crippen molar-refractivity contribution in [2.45, 2.75) is 43.7 Å². The number of aromatic carboxylic acids is 1. The maximum atomic E-state index is 13.6. The molecule has 2 aromatic carbocycles. The molecule has 1 saturated carbocycles. The number of carbonyl (C=O) groups is 3. The molecule has 2 fully saturated rings. The molecule has 9 heteroatoms. The number of nitrogens with zero attached hydrogens (tertiary/aromatic N) is 3. The van der Waals surface area contributed by atoms with Crippen LogP contribution in [0.1, 0.15) is 69.4 Å². The molecule has 4 heterocycles. The predicted molar refractivity (Wildman–Crippen MR) is 148 cm³/mol. The third-order valence-corrected chi connectivity index (χ3v) is 8.56. The van der Waals surface area contributed by atoms with Crippen LogP contribution in [0.2, 0.25) is 0 Å². The summed E-state index contributed by atoms with van der Waals surface area (Å²) in [5, 5.41) is 12.0. The van der Waals surface area contributed by atoms with Crippen molar-refractivity contribution in [1.29, 1.82) is 0 Å². The number of amides is 1. The van der Waals surface area contributed by atoms with Crippen molar-refractivity contribution in [3.63, 3.8) is 0 Å². The first-order valence-electron chi connectivity index (χ1n) is 13.9. The smallest absolute Gasteiger partial charge is 0.254 e. The summed E-state index contributed by atoms with van der Waals surface area (Å²) >= 11 is 0. The van der Waals surface area contributed by atoms with Crippen LogP contribution in [0.25, 0.3) is 22.0 Å². The topological polar surface area (TPSA) is 114 Å². The number of fused-ring (bicyclic) bond motifs is 2. The van der Waals surface area contributed by atoms with Crippen LogP contribution in [0, 0.1) is 0 Å². The fraction of sp³-hybridized carbons (Fsp3) is 0.312. The maximum absolute atomic E-state index is 13.6. The number of benzene rings is 2. The van der Waals surface area contributed by atoms with Crippen molar-refractivity contribution < 1.29 is 29.0 Å². The van der Waals surface area contributed by atoms with Crippen LogP contribution in [-0.4, -0.2) is 57.9 Å². The third kappa shape index (κ3) is 4.41. The number of ketones is 1. The Morgan fingerprint density at radius 3 is 2.51 bits per heavy atom. The third-order valence-electron chi connectivity index (χ3n) is 8.56. The van der Waals surface area contributed by atoms with E-state index in [0.717, 1.165) is 29.3 Å². The lowest BCUT2D eigenvalue weighted by molar-refractivity contribution is -0.255. The molecule has 0 radical (unpaired) electrons. The number of carbonyl (C=O) groups excluding carboxylic acids is 3. The van der Waals surface area contributed by atoms with Gasteiger partial charge in [-0.25, -0.2) is 0 Å². The molecule has 41 heavy (non-hydrogen) atoms. The number of rotatable bonds is 5. The Morgan fingerprint density at radius 2 is 1.83 bits per heavy atom. The monoisotopic (exact) mass is 550 g/mol. The Bertz CT molecular complexity index is 1710. The van der Waals surface area contributed by atoms with Gasteiger partial charge in [-0.15, -0.1) is 0 Å². The number of hydrogen-bond donors (Lipinski definition) is 0. The molecule has 208 valence electrons. The zero-order valence-electron chi connectivity index (χ0n) is 22.6. The van der Waals surface area contributed by atoms with Gasteiger partial charge in [-0.2, -0.15) is 0 Å². The maximum Gasteiger partial charge on any atom is 0.254 e. The Labute approximate surface area is 236 Å². The van der Waals surface area contributed by atoms with Gasteiger partial charge in [-0.05, 0) is 54.8 Å². The Kier molecular flexibility index (Phi) is 5.85. The summed E-state index contributed by atoms with van der Waals surface area (Å²) in [6.45, 7) is 0.972. The number of aromatic nitrogens is 2. The van der Waals surface area contributed by atoms with Gasteiger partial charge in [-0.1, -0.05) is 12.1 Å². The number of pyridine rings is 1. The highest BCUT2D eigenvalue weighted by molar-refractivity contribution is 6.02. The molecule has 0 bridgehead atoms. The Morgan fingerprint density at radius 1 is 1.05 bits per heavy atom. The summed E-state index contributed by atoms with van der Waals surface area (Å²) in [7, 11) is 1.63. The number of ether oxygens (including phenoxy) is 2.